The van der Waals surface area contributed by atoms with Crippen molar-refractivity contribution < 1.29 is 19.4 Å². The number of hydrogen-bond donors (Lipinski definition) is 1. The van der Waals surface area contributed by atoms with E-state index in [4.69, 9.17) is 9.47 Å². The van der Waals surface area contributed by atoms with Crippen LogP contribution in [-0.4, -0.2) is 48.0 Å². The van der Waals surface area contributed by atoms with Crippen LogP contribution in [0.2, 0.25) is 0 Å². The van der Waals surface area contributed by atoms with Gasteiger partial charge in [-0.2, -0.15) is 0 Å². The highest BCUT2D eigenvalue weighted by Gasteiger charge is 2.45. The molecule has 1 amide bonds. The molecule has 0 aliphatic carbocycles. The van der Waals surface area contributed by atoms with Crippen molar-refractivity contribution in [2.75, 3.05) is 26.3 Å². The van der Waals surface area contributed by atoms with Crippen molar-refractivity contribution in [3.8, 4) is 5.75 Å². The molecule has 5 nitrogen and oxygen atoms in total. The zero-order chi connectivity index (χ0) is 19.3. The van der Waals surface area contributed by atoms with Crippen molar-refractivity contribution in [2.45, 2.75) is 64.6 Å². The normalized spacial score (nSPS) is 20.2. The van der Waals surface area contributed by atoms with Gasteiger partial charge in [0.1, 0.15) is 5.75 Å². The summed E-state index contributed by atoms with van der Waals surface area (Å²) in [7, 11) is 0. The molecule has 0 saturated carbocycles. The zero-order valence-corrected chi connectivity index (χ0v) is 16.8. The van der Waals surface area contributed by atoms with Gasteiger partial charge in [-0.25, -0.2) is 0 Å². The highest BCUT2D eigenvalue weighted by atomic mass is 16.7. The third-order valence-corrected chi connectivity index (χ3v) is 5.31. The maximum Gasteiger partial charge on any atom is 0.257 e. The Morgan fingerprint density at radius 2 is 1.69 bits per heavy atom. The van der Waals surface area contributed by atoms with Crippen LogP contribution in [0.1, 0.15) is 69.4 Å². The molecular weight excluding hydrogens is 330 g/mol. The fourth-order valence-electron chi connectivity index (χ4n) is 3.63. The molecule has 2 aliphatic rings. The summed E-state index contributed by atoms with van der Waals surface area (Å²) in [5.74, 6) is -0.723. The largest absolute Gasteiger partial charge is 0.507 e. The summed E-state index contributed by atoms with van der Waals surface area (Å²) < 4.78 is 11.5. The van der Waals surface area contributed by atoms with E-state index < -0.39 is 5.79 Å². The smallest absolute Gasteiger partial charge is 0.257 e. The maximum atomic E-state index is 13.2. The number of ether oxygens (including phenoxy) is 2. The van der Waals surface area contributed by atoms with Crippen molar-refractivity contribution in [1.82, 2.24) is 4.90 Å². The average Bonchev–Trinajstić information content (AvgIpc) is 3.15. The highest BCUT2D eigenvalue weighted by molar-refractivity contribution is 5.98. The van der Waals surface area contributed by atoms with Crippen LogP contribution in [0.25, 0.3) is 0 Å². The van der Waals surface area contributed by atoms with Crippen molar-refractivity contribution >= 4 is 5.91 Å². The second-order valence-electron chi connectivity index (χ2n) is 9.50. The van der Waals surface area contributed by atoms with Gasteiger partial charge in [0.2, 0.25) is 0 Å². The lowest BCUT2D eigenvalue weighted by atomic mass is 9.78. The first kappa shape index (κ1) is 19.2. The second-order valence-corrected chi connectivity index (χ2v) is 9.50. The summed E-state index contributed by atoms with van der Waals surface area (Å²) in [6.07, 6.45) is 0.671. The van der Waals surface area contributed by atoms with Crippen molar-refractivity contribution in [2.24, 2.45) is 0 Å². The number of carbonyl (C=O) groups is 1. The molecule has 0 radical (unpaired) electrons. The highest BCUT2D eigenvalue weighted by Crippen LogP contribution is 2.39. The molecule has 0 bridgehead atoms. The summed E-state index contributed by atoms with van der Waals surface area (Å²) in [4.78, 5) is 15.0. The molecule has 144 valence electrons. The Kier molecular flexibility index (Phi) is 4.60. The Bertz CT molecular complexity index is 706. The minimum Gasteiger partial charge on any atom is -0.507 e. The van der Waals surface area contributed by atoms with E-state index in [0.29, 0.717) is 38.3 Å². The molecule has 2 aliphatic heterocycles. The standard InChI is InChI=1S/C21H31NO4/c1-19(2,3)14-11-15(17(23)16(12-14)20(4,5)6)18(24)22-8-7-21(13-22)25-9-10-26-21/h11-12,23H,7-10,13H2,1-6H3. The number of likely N-dealkylation sites (tertiary alicyclic amines) is 1. The summed E-state index contributed by atoms with van der Waals surface area (Å²) in [6.45, 7) is 14.6. The van der Waals surface area contributed by atoms with Gasteiger partial charge in [-0.05, 0) is 22.5 Å². The van der Waals surface area contributed by atoms with Gasteiger partial charge in [0.05, 0.1) is 25.3 Å². The molecule has 1 spiro atoms. The molecule has 2 heterocycles. The monoisotopic (exact) mass is 361 g/mol. The molecule has 1 aromatic carbocycles. The number of carbonyl (C=O) groups excluding carboxylic acids is 1. The van der Waals surface area contributed by atoms with E-state index in [0.717, 1.165) is 11.1 Å². The zero-order valence-electron chi connectivity index (χ0n) is 16.8. The first-order chi connectivity index (χ1) is 11.9. The van der Waals surface area contributed by atoms with Crippen LogP contribution >= 0.6 is 0 Å². The van der Waals surface area contributed by atoms with Crippen molar-refractivity contribution in [1.29, 1.82) is 0 Å². The van der Waals surface area contributed by atoms with Gasteiger partial charge in [-0.15, -0.1) is 0 Å². The number of nitrogens with zero attached hydrogens (tertiary/aromatic N) is 1. The van der Waals surface area contributed by atoms with E-state index in [1.165, 1.54) is 0 Å². The van der Waals surface area contributed by atoms with E-state index in [1.54, 1.807) is 4.90 Å². The lowest BCUT2D eigenvalue weighted by Gasteiger charge is -2.28. The molecule has 1 aromatic rings. The van der Waals surface area contributed by atoms with Gasteiger partial charge in [0, 0.05) is 18.5 Å². The van der Waals surface area contributed by atoms with E-state index in [1.807, 2.05) is 32.9 Å². The predicted molar refractivity (Wildman–Crippen MR) is 101 cm³/mol. The molecule has 0 atom stereocenters. The van der Waals surface area contributed by atoms with Crippen molar-refractivity contribution in [3.05, 3.63) is 28.8 Å². The number of hydrogen-bond acceptors (Lipinski definition) is 4. The Labute approximate surface area is 156 Å². The van der Waals surface area contributed by atoms with Crippen LogP contribution in [0.15, 0.2) is 12.1 Å². The van der Waals surface area contributed by atoms with E-state index in [-0.39, 0.29) is 22.5 Å². The number of rotatable bonds is 1. The van der Waals surface area contributed by atoms with Gasteiger partial charge < -0.3 is 19.5 Å². The number of aromatic hydroxyl groups is 1. The van der Waals surface area contributed by atoms with E-state index >= 15 is 0 Å². The summed E-state index contributed by atoms with van der Waals surface area (Å²) in [5.41, 5.74) is 1.84. The molecule has 2 fully saturated rings. The van der Waals surface area contributed by atoms with Crippen LogP contribution in [0.5, 0.6) is 5.75 Å². The Hall–Kier alpha value is -1.59. The third kappa shape index (κ3) is 3.47. The van der Waals surface area contributed by atoms with Crippen molar-refractivity contribution in [3.63, 3.8) is 0 Å². The Morgan fingerprint density at radius 1 is 1.08 bits per heavy atom. The SMILES string of the molecule is CC(C)(C)c1cc(C(=O)N2CCC3(C2)OCCO3)c(O)c(C(C)(C)C)c1. The third-order valence-electron chi connectivity index (χ3n) is 5.31. The van der Waals surface area contributed by atoms with Gasteiger partial charge in [0.15, 0.2) is 5.79 Å². The molecule has 0 aromatic heterocycles. The molecule has 5 heteroatoms. The number of phenolic OH excluding ortho intramolecular Hbond substituents is 1. The number of phenols is 1. The second kappa shape index (κ2) is 6.24. The summed E-state index contributed by atoms with van der Waals surface area (Å²) in [6, 6.07) is 3.87. The molecule has 3 rings (SSSR count). The topological polar surface area (TPSA) is 59.0 Å². The number of amides is 1. The van der Waals surface area contributed by atoms with Gasteiger partial charge in [-0.3, -0.25) is 4.79 Å². The fraction of sp³-hybridized carbons (Fsp3) is 0.667. The van der Waals surface area contributed by atoms with Gasteiger partial charge in [-0.1, -0.05) is 47.6 Å². The average molecular weight is 361 g/mol. The van der Waals surface area contributed by atoms with Gasteiger partial charge in [0.25, 0.3) is 5.91 Å². The summed E-state index contributed by atoms with van der Waals surface area (Å²) in [5, 5.41) is 10.9. The molecule has 26 heavy (non-hydrogen) atoms. The van der Waals surface area contributed by atoms with Gasteiger partial charge >= 0.3 is 0 Å². The quantitative estimate of drug-likeness (QED) is 0.831. The Morgan fingerprint density at radius 3 is 2.23 bits per heavy atom. The molecule has 1 N–H and O–H groups in total. The molecular formula is C21H31NO4. The Balaban J connectivity index is 1.99. The fourth-order valence-corrected chi connectivity index (χ4v) is 3.63. The van der Waals surface area contributed by atoms with E-state index in [2.05, 4.69) is 20.8 Å². The predicted octanol–water partition coefficient (Wildman–Crippen LogP) is 3.58. The maximum absolute atomic E-state index is 13.2. The lowest BCUT2D eigenvalue weighted by Crippen LogP contribution is -2.37. The lowest BCUT2D eigenvalue weighted by molar-refractivity contribution is -0.143. The van der Waals surface area contributed by atoms with Crippen LogP contribution in [0.3, 0.4) is 0 Å². The van der Waals surface area contributed by atoms with Crippen LogP contribution in [-0.2, 0) is 20.3 Å². The first-order valence-corrected chi connectivity index (χ1v) is 9.38. The summed E-state index contributed by atoms with van der Waals surface area (Å²) >= 11 is 0. The van der Waals surface area contributed by atoms with Crippen LogP contribution in [0.4, 0.5) is 0 Å². The van der Waals surface area contributed by atoms with Crippen LogP contribution in [0, 0.1) is 0 Å². The molecule has 2 saturated heterocycles. The minimum absolute atomic E-state index is 0.0877. The first-order valence-electron chi connectivity index (χ1n) is 9.38. The van der Waals surface area contributed by atoms with Crippen LogP contribution < -0.4 is 0 Å². The molecule has 0 unspecified atom stereocenters. The number of benzene rings is 1. The minimum atomic E-state index is -0.653. The van der Waals surface area contributed by atoms with E-state index in [9.17, 15) is 9.90 Å².